The van der Waals surface area contributed by atoms with E-state index in [4.69, 9.17) is 5.21 Å². The molecule has 52 valence electrons. The van der Waals surface area contributed by atoms with Gasteiger partial charge in [-0.15, -0.1) is 0 Å². The zero-order valence-electron chi connectivity index (χ0n) is 5.03. The molecule has 0 atom stereocenters. The average Bonchev–Trinajstić information content (AvgIpc) is 1.94. The Bertz CT molecular complexity index is 249. The van der Waals surface area contributed by atoms with Crippen LogP contribution >= 0.6 is 0 Å². The van der Waals surface area contributed by atoms with Crippen LogP contribution in [-0.4, -0.2) is 16.4 Å². The van der Waals surface area contributed by atoms with Gasteiger partial charge in [0.05, 0.1) is 12.4 Å². The average molecular weight is 140 g/mol. The molecule has 0 fully saturated rings. The summed E-state index contributed by atoms with van der Waals surface area (Å²) in [6.07, 6.45) is 3.48. The summed E-state index contributed by atoms with van der Waals surface area (Å²) in [4.78, 5) is 3.51. The fourth-order valence-electron chi connectivity index (χ4n) is 0.553. The number of halogens is 1. The van der Waals surface area contributed by atoms with E-state index in [0.29, 0.717) is 0 Å². The van der Waals surface area contributed by atoms with E-state index in [9.17, 15) is 4.39 Å². The molecule has 0 radical (unpaired) electrons. The maximum absolute atomic E-state index is 12.5. The molecule has 0 amide bonds. The van der Waals surface area contributed by atoms with Crippen LogP contribution in [0.5, 0.6) is 0 Å². The van der Waals surface area contributed by atoms with Gasteiger partial charge in [0.2, 0.25) is 0 Å². The normalized spacial score (nSPS) is 10.5. The first-order valence-electron chi connectivity index (χ1n) is 2.61. The van der Waals surface area contributed by atoms with Crippen molar-refractivity contribution in [1.29, 1.82) is 0 Å². The van der Waals surface area contributed by atoms with Crippen molar-refractivity contribution < 1.29 is 9.60 Å². The lowest BCUT2D eigenvalue weighted by Gasteiger charge is -1.90. The molecular formula is C6H5FN2O. The summed E-state index contributed by atoms with van der Waals surface area (Å²) < 4.78 is 12.5. The summed E-state index contributed by atoms with van der Waals surface area (Å²) in [7, 11) is 0. The fourth-order valence-corrected chi connectivity index (χ4v) is 0.553. The van der Waals surface area contributed by atoms with Gasteiger partial charge in [-0.1, -0.05) is 5.16 Å². The van der Waals surface area contributed by atoms with Crippen LogP contribution in [0, 0.1) is 5.82 Å². The highest BCUT2D eigenvalue weighted by molar-refractivity contribution is 5.78. The van der Waals surface area contributed by atoms with Crippen molar-refractivity contribution in [2.24, 2.45) is 5.16 Å². The van der Waals surface area contributed by atoms with Gasteiger partial charge in [0.15, 0.2) is 0 Å². The molecule has 1 aromatic heterocycles. The summed E-state index contributed by atoms with van der Waals surface area (Å²) in [5, 5.41) is 10.7. The number of rotatable bonds is 1. The smallest absolute Gasteiger partial charge is 0.150 e. The van der Waals surface area contributed by atoms with E-state index in [1.54, 1.807) is 0 Å². The van der Waals surface area contributed by atoms with Crippen LogP contribution < -0.4 is 0 Å². The van der Waals surface area contributed by atoms with Crippen molar-refractivity contribution >= 4 is 6.21 Å². The summed E-state index contributed by atoms with van der Waals surface area (Å²) >= 11 is 0. The van der Waals surface area contributed by atoms with Gasteiger partial charge in [0.1, 0.15) is 5.82 Å². The topological polar surface area (TPSA) is 45.5 Å². The largest absolute Gasteiger partial charge is 0.411 e. The highest BCUT2D eigenvalue weighted by Crippen LogP contribution is 1.99. The quantitative estimate of drug-likeness (QED) is 0.359. The van der Waals surface area contributed by atoms with Gasteiger partial charge in [0, 0.05) is 11.8 Å². The van der Waals surface area contributed by atoms with E-state index < -0.39 is 5.82 Å². The molecule has 0 aliphatic rings. The van der Waals surface area contributed by atoms with Crippen LogP contribution in [0.4, 0.5) is 4.39 Å². The molecule has 0 unspecified atom stereocenters. The number of hydrogen-bond acceptors (Lipinski definition) is 3. The third kappa shape index (κ3) is 1.28. The minimum absolute atomic E-state index is 0.220. The predicted octanol–water partition coefficient (Wildman–Crippen LogP) is 1.03. The second-order valence-electron chi connectivity index (χ2n) is 1.64. The lowest BCUT2D eigenvalue weighted by molar-refractivity contribution is 0.321. The zero-order valence-corrected chi connectivity index (χ0v) is 5.03. The maximum atomic E-state index is 12.5. The van der Waals surface area contributed by atoms with Crippen LogP contribution in [0.1, 0.15) is 5.56 Å². The van der Waals surface area contributed by atoms with Crippen molar-refractivity contribution in [1.82, 2.24) is 4.98 Å². The van der Waals surface area contributed by atoms with E-state index in [1.807, 2.05) is 0 Å². The van der Waals surface area contributed by atoms with E-state index in [-0.39, 0.29) is 5.56 Å². The Kier molecular flexibility index (Phi) is 1.94. The van der Waals surface area contributed by atoms with Gasteiger partial charge in [-0.05, 0) is 6.07 Å². The number of pyridine rings is 1. The Labute approximate surface area is 56.8 Å². The Balaban J connectivity index is 3.03. The summed E-state index contributed by atoms with van der Waals surface area (Å²) in [5.41, 5.74) is 0.220. The van der Waals surface area contributed by atoms with Gasteiger partial charge < -0.3 is 5.21 Å². The Morgan fingerprint density at radius 1 is 1.70 bits per heavy atom. The molecule has 10 heavy (non-hydrogen) atoms. The Hall–Kier alpha value is -1.45. The first-order valence-corrected chi connectivity index (χ1v) is 2.61. The maximum Gasteiger partial charge on any atom is 0.150 e. The summed E-state index contributed by atoms with van der Waals surface area (Å²) in [5.74, 6) is -0.500. The first-order chi connectivity index (χ1) is 4.84. The van der Waals surface area contributed by atoms with Crippen molar-refractivity contribution in [2.75, 3.05) is 0 Å². The van der Waals surface area contributed by atoms with E-state index in [1.165, 1.54) is 12.3 Å². The molecule has 0 aromatic carbocycles. The lowest BCUT2D eigenvalue weighted by atomic mass is 10.3. The Morgan fingerprint density at radius 2 is 2.50 bits per heavy atom. The number of oxime groups is 1. The van der Waals surface area contributed by atoms with E-state index >= 15 is 0 Å². The summed E-state index contributed by atoms with van der Waals surface area (Å²) in [6.45, 7) is 0. The van der Waals surface area contributed by atoms with E-state index in [0.717, 1.165) is 12.4 Å². The molecule has 1 rings (SSSR count). The van der Waals surface area contributed by atoms with Crippen LogP contribution in [0.15, 0.2) is 23.6 Å². The molecule has 1 aromatic rings. The highest BCUT2D eigenvalue weighted by atomic mass is 19.1. The standard InChI is InChI=1S/C6H5FN2O/c7-6-4-8-2-1-5(6)3-9-10/h1-4,10H. The minimum atomic E-state index is -0.500. The lowest BCUT2D eigenvalue weighted by Crippen LogP contribution is -1.87. The second kappa shape index (κ2) is 2.91. The van der Waals surface area contributed by atoms with E-state index in [2.05, 4.69) is 10.1 Å². The number of aromatic nitrogens is 1. The van der Waals surface area contributed by atoms with Crippen molar-refractivity contribution in [3.8, 4) is 0 Å². The van der Waals surface area contributed by atoms with Crippen molar-refractivity contribution in [2.45, 2.75) is 0 Å². The molecule has 1 heterocycles. The van der Waals surface area contributed by atoms with Crippen LogP contribution in [0.25, 0.3) is 0 Å². The van der Waals surface area contributed by atoms with Gasteiger partial charge in [0.25, 0.3) is 0 Å². The monoisotopic (exact) mass is 140 g/mol. The van der Waals surface area contributed by atoms with Gasteiger partial charge in [-0.25, -0.2) is 4.39 Å². The van der Waals surface area contributed by atoms with Gasteiger partial charge in [-0.3, -0.25) is 4.98 Å². The van der Waals surface area contributed by atoms with Crippen LogP contribution in [0.2, 0.25) is 0 Å². The molecule has 0 aliphatic carbocycles. The molecule has 0 bridgehead atoms. The molecule has 4 heteroatoms. The van der Waals surface area contributed by atoms with Crippen molar-refractivity contribution in [3.63, 3.8) is 0 Å². The molecule has 0 aliphatic heterocycles. The Morgan fingerprint density at radius 3 is 3.10 bits per heavy atom. The molecule has 1 N–H and O–H groups in total. The number of hydrogen-bond donors (Lipinski definition) is 1. The SMILES string of the molecule is ON=Cc1ccncc1F. The second-order valence-corrected chi connectivity index (χ2v) is 1.64. The molecule has 0 spiro atoms. The van der Waals surface area contributed by atoms with Gasteiger partial charge in [-0.2, -0.15) is 0 Å². The van der Waals surface area contributed by atoms with Crippen LogP contribution in [-0.2, 0) is 0 Å². The van der Waals surface area contributed by atoms with Gasteiger partial charge >= 0.3 is 0 Å². The molecular weight excluding hydrogens is 135 g/mol. The third-order valence-electron chi connectivity index (χ3n) is 1.00. The van der Waals surface area contributed by atoms with Crippen molar-refractivity contribution in [3.05, 3.63) is 29.8 Å². The third-order valence-corrected chi connectivity index (χ3v) is 1.00. The minimum Gasteiger partial charge on any atom is -0.411 e. The molecule has 3 nitrogen and oxygen atoms in total. The highest BCUT2D eigenvalue weighted by Gasteiger charge is 1.95. The van der Waals surface area contributed by atoms with Crippen LogP contribution in [0.3, 0.4) is 0 Å². The predicted molar refractivity (Wildman–Crippen MR) is 33.6 cm³/mol. The number of nitrogens with zero attached hydrogens (tertiary/aromatic N) is 2. The molecule has 0 saturated carbocycles. The molecule has 0 saturated heterocycles. The fraction of sp³-hybridized carbons (Fsp3) is 0. The summed E-state index contributed by atoms with van der Waals surface area (Å²) in [6, 6.07) is 1.41. The zero-order chi connectivity index (χ0) is 7.40. The first kappa shape index (κ1) is 6.67.